The zero-order valence-electron chi connectivity index (χ0n) is 9.70. The molecule has 0 saturated carbocycles. The first-order valence-electron chi connectivity index (χ1n) is 5.06. The molecular weight excluding hydrogens is 244 g/mol. The van der Waals surface area contributed by atoms with Gasteiger partial charge in [-0.2, -0.15) is 11.8 Å². The normalized spacial score (nSPS) is 10.2. The van der Waals surface area contributed by atoms with Gasteiger partial charge < -0.3 is 10.1 Å². The van der Waals surface area contributed by atoms with Crippen LogP contribution in [0.4, 0.5) is 5.13 Å². The van der Waals surface area contributed by atoms with Gasteiger partial charge in [0.1, 0.15) is 0 Å². The highest BCUT2D eigenvalue weighted by Gasteiger charge is 2.15. The molecule has 1 aromatic heterocycles. The van der Waals surface area contributed by atoms with Crippen molar-refractivity contribution in [3.8, 4) is 0 Å². The van der Waals surface area contributed by atoms with Gasteiger partial charge in [0.2, 0.25) is 0 Å². The fourth-order valence-electron chi connectivity index (χ4n) is 1.12. The molecule has 4 nitrogen and oxygen atoms in total. The van der Waals surface area contributed by atoms with E-state index in [0.717, 1.165) is 22.3 Å². The van der Waals surface area contributed by atoms with E-state index in [4.69, 9.17) is 4.74 Å². The van der Waals surface area contributed by atoms with Gasteiger partial charge in [-0.3, -0.25) is 0 Å². The summed E-state index contributed by atoms with van der Waals surface area (Å²) in [4.78, 5) is 16.6. The number of thioether (sulfide) groups is 1. The molecule has 0 saturated heterocycles. The Morgan fingerprint density at radius 2 is 2.38 bits per heavy atom. The van der Waals surface area contributed by atoms with Crippen LogP contribution in [0.25, 0.3) is 0 Å². The molecule has 1 heterocycles. The van der Waals surface area contributed by atoms with Gasteiger partial charge in [-0.15, -0.1) is 11.3 Å². The summed E-state index contributed by atoms with van der Waals surface area (Å²) in [7, 11) is 0. The second-order valence-corrected chi connectivity index (χ2v) is 5.25. The molecule has 0 aliphatic carbocycles. The van der Waals surface area contributed by atoms with Crippen LogP contribution in [-0.4, -0.2) is 36.1 Å². The van der Waals surface area contributed by atoms with Gasteiger partial charge >= 0.3 is 5.97 Å². The zero-order chi connectivity index (χ0) is 12.0. The van der Waals surface area contributed by atoms with Gasteiger partial charge in [0.05, 0.1) is 6.61 Å². The van der Waals surface area contributed by atoms with Crippen molar-refractivity contribution >= 4 is 34.2 Å². The lowest BCUT2D eigenvalue weighted by Crippen LogP contribution is -2.07. The minimum atomic E-state index is -0.339. The van der Waals surface area contributed by atoms with Crippen LogP contribution in [0.3, 0.4) is 0 Å². The summed E-state index contributed by atoms with van der Waals surface area (Å²) in [5, 5.41) is 3.97. The number of nitrogens with zero attached hydrogens (tertiary/aromatic N) is 1. The largest absolute Gasteiger partial charge is 0.461 e. The number of aromatic nitrogens is 1. The van der Waals surface area contributed by atoms with Crippen LogP contribution in [0.5, 0.6) is 0 Å². The highest BCUT2D eigenvalue weighted by molar-refractivity contribution is 7.98. The Morgan fingerprint density at radius 3 is 3.00 bits per heavy atom. The van der Waals surface area contributed by atoms with Gasteiger partial charge in [0, 0.05) is 17.2 Å². The summed E-state index contributed by atoms with van der Waals surface area (Å²) in [5.41, 5.74) is 0.429. The highest BCUT2D eigenvalue weighted by atomic mass is 32.2. The van der Waals surface area contributed by atoms with Crippen LogP contribution in [0.2, 0.25) is 0 Å². The van der Waals surface area contributed by atoms with E-state index in [1.54, 1.807) is 18.7 Å². The number of rotatable bonds is 6. The highest BCUT2D eigenvalue weighted by Crippen LogP contribution is 2.22. The minimum absolute atomic E-state index is 0.339. The van der Waals surface area contributed by atoms with Crippen molar-refractivity contribution in [1.29, 1.82) is 0 Å². The third kappa shape index (κ3) is 3.68. The summed E-state index contributed by atoms with van der Waals surface area (Å²) in [6, 6.07) is 0. The predicted molar refractivity (Wildman–Crippen MR) is 69.7 cm³/mol. The molecule has 1 aromatic rings. The van der Waals surface area contributed by atoms with Crippen molar-refractivity contribution in [2.75, 3.05) is 30.5 Å². The Balaban J connectivity index is 2.62. The number of hydrogen-bond donors (Lipinski definition) is 1. The number of thiazole rings is 1. The van der Waals surface area contributed by atoms with Crippen LogP contribution in [0.15, 0.2) is 0 Å². The van der Waals surface area contributed by atoms with E-state index in [9.17, 15) is 4.79 Å². The number of aryl methyl sites for hydroxylation is 1. The summed E-state index contributed by atoms with van der Waals surface area (Å²) in [5.74, 6) is 0.682. The SMILES string of the molecule is CCOC(=O)c1nc(NCCSC)sc1C. The molecule has 90 valence electrons. The maximum Gasteiger partial charge on any atom is 0.358 e. The molecule has 0 radical (unpaired) electrons. The fraction of sp³-hybridized carbons (Fsp3) is 0.600. The van der Waals surface area contributed by atoms with Crippen molar-refractivity contribution in [2.24, 2.45) is 0 Å². The van der Waals surface area contributed by atoms with Crippen LogP contribution >= 0.6 is 23.1 Å². The maximum atomic E-state index is 11.5. The molecule has 0 bridgehead atoms. The van der Waals surface area contributed by atoms with Crippen LogP contribution in [0, 0.1) is 6.92 Å². The quantitative estimate of drug-likeness (QED) is 0.629. The Labute approximate surface area is 104 Å². The molecule has 1 N–H and O–H groups in total. The Bertz CT molecular complexity index is 353. The van der Waals surface area contributed by atoms with E-state index >= 15 is 0 Å². The van der Waals surface area contributed by atoms with Gasteiger partial charge in [-0.1, -0.05) is 0 Å². The molecule has 0 amide bonds. The average Bonchev–Trinajstić information content (AvgIpc) is 2.61. The number of carbonyl (C=O) groups is 1. The van der Waals surface area contributed by atoms with Crippen molar-refractivity contribution < 1.29 is 9.53 Å². The number of ether oxygens (including phenoxy) is 1. The van der Waals surface area contributed by atoms with Gasteiger partial charge in [0.15, 0.2) is 10.8 Å². The molecular formula is C10H16N2O2S2. The second-order valence-electron chi connectivity index (χ2n) is 3.06. The maximum absolute atomic E-state index is 11.5. The number of carbonyl (C=O) groups excluding carboxylic acids is 1. The van der Waals surface area contributed by atoms with E-state index in [-0.39, 0.29) is 5.97 Å². The number of anilines is 1. The smallest absolute Gasteiger partial charge is 0.358 e. The first kappa shape index (κ1) is 13.3. The third-order valence-corrected chi connectivity index (χ3v) is 3.39. The van der Waals surface area contributed by atoms with Crippen molar-refractivity contribution in [1.82, 2.24) is 4.98 Å². The summed E-state index contributed by atoms with van der Waals surface area (Å²) in [6.45, 7) is 4.91. The fourth-order valence-corrected chi connectivity index (χ4v) is 2.25. The molecule has 0 unspecified atom stereocenters. The predicted octanol–water partition coefficient (Wildman–Crippen LogP) is 2.40. The van der Waals surface area contributed by atoms with Gasteiger partial charge in [-0.25, -0.2) is 9.78 Å². The summed E-state index contributed by atoms with van der Waals surface area (Å²) >= 11 is 3.26. The number of hydrogen-bond acceptors (Lipinski definition) is 6. The third-order valence-electron chi connectivity index (χ3n) is 1.85. The Morgan fingerprint density at radius 1 is 1.62 bits per heavy atom. The Hall–Kier alpha value is -0.750. The van der Waals surface area contributed by atoms with E-state index in [1.165, 1.54) is 11.3 Å². The number of esters is 1. The zero-order valence-corrected chi connectivity index (χ0v) is 11.3. The van der Waals surface area contributed by atoms with Crippen LogP contribution < -0.4 is 5.32 Å². The van der Waals surface area contributed by atoms with E-state index in [2.05, 4.69) is 16.6 Å². The molecule has 0 aliphatic heterocycles. The van der Waals surface area contributed by atoms with Gasteiger partial charge in [0.25, 0.3) is 0 Å². The molecule has 6 heteroatoms. The van der Waals surface area contributed by atoms with Crippen molar-refractivity contribution in [3.05, 3.63) is 10.6 Å². The van der Waals surface area contributed by atoms with Crippen molar-refractivity contribution in [2.45, 2.75) is 13.8 Å². The lowest BCUT2D eigenvalue weighted by molar-refractivity contribution is 0.0519. The van der Waals surface area contributed by atoms with Crippen molar-refractivity contribution in [3.63, 3.8) is 0 Å². The first-order chi connectivity index (χ1) is 7.69. The molecule has 0 aliphatic rings. The number of nitrogens with one attached hydrogen (secondary N) is 1. The van der Waals surface area contributed by atoms with Crippen LogP contribution in [0.1, 0.15) is 22.3 Å². The van der Waals surface area contributed by atoms with Crippen LogP contribution in [-0.2, 0) is 4.74 Å². The van der Waals surface area contributed by atoms with E-state index in [1.807, 2.05) is 6.92 Å². The van der Waals surface area contributed by atoms with E-state index < -0.39 is 0 Å². The average molecular weight is 260 g/mol. The standard InChI is InChI=1S/C10H16N2O2S2/c1-4-14-9(13)8-7(2)16-10(12-8)11-5-6-15-3/h4-6H2,1-3H3,(H,11,12). The first-order valence-corrected chi connectivity index (χ1v) is 7.27. The summed E-state index contributed by atoms with van der Waals surface area (Å²) in [6.07, 6.45) is 2.05. The molecule has 1 rings (SSSR count). The lowest BCUT2D eigenvalue weighted by atomic mass is 10.4. The van der Waals surface area contributed by atoms with E-state index in [0.29, 0.717) is 12.3 Å². The molecule has 0 aromatic carbocycles. The van der Waals surface area contributed by atoms with Gasteiger partial charge in [-0.05, 0) is 20.1 Å². The molecule has 0 spiro atoms. The monoisotopic (exact) mass is 260 g/mol. The summed E-state index contributed by atoms with van der Waals surface area (Å²) < 4.78 is 4.92. The Kier molecular flexibility index (Phi) is 5.62. The molecule has 0 atom stereocenters. The minimum Gasteiger partial charge on any atom is -0.461 e. The topological polar surface area (TPSA) is 51.2 Å². The molecule has 0 fully saturated rings. The second kappa shape index (κ2) is 6.75. The lowest BCUT2D eigenvalue weighted by Gasteiger charge is -1.99. The molecule has 16 heavy (non-hydrogen) atoms.